The third-order valence-corrected chi connectivity index (χ3v) is 3.83. The predicted molar refractivity (Wildman–Crippen MR) is 58.5 cm³/mol. The van der Waals surface area contributed by atoms with Gasteiger partial charge in [0.2, 0.25) is 0 Å². The maximum absolute atomic E-state index is 11.7. The standard InChI is InChI=1S/C12H21NO2/c1-3-9(2)12(14)15-11-6-8-13-7-4-5-10(11)13/h9-11H,3-8H2,1-2H3/t9?,10-,11+/m0/s1. The van der Waals surface area contributed by atoms with Crippen molar-refractivity contribution in [2.75, 3.05) is 13.1 Å². The molecule has 0 aromatic rings. The van der Waals surface area contributed by atoms with Crippen molar-refractivity contribution in [1.29, 1.82) is 0 Å². The molecule has 15 heavy (non-hydrogen) atoms. The van der Waals surface area contributed by atoms with Crippen LogP contribution in [0.1, 0.15) is 39.5 Å². The second kappa shape index (κ2) is 4.52. The monoisotopic (exact) mass is 211 g/mol. The Hall–Kier alpha value is -0.570. The van der Waals surface area contributed by atoms with Crippen molar-refractivity contribution in [2.24, 2.45) is 5.92 Å². The van der Waals surface area contributed by atoms with E-state index in [-0.39, 0.29) is 18.0 Å². The van der Waals surface area contributed by atoms with Gasteiger partial charge in [0.25, 0.3) is 0 Å². The molecule has 2 saturated heterocycles. The van der Waals surface area contributed by atoms with Gasteiger partial charge in [0.1, 0.15) is 6.10 Å². The zero-order valence-corrected chi connectivity index (χ0v) is 9.74. The number of rotatable bonds is 3. The van der Waals surface area contributed by atoms with E-state index in [4.69, 9.17) is 4.74 Å². The fraction of sp³-hybridized carbons (Fsp3) is 0.917. The molecule has 2 aliphatic rings. The van der Waals surface area contributed by atoms with Crippen molar-refractivity contribution >= 4 is 5.97 Å². The lowest BCUT2D eigenvalue weighted by molar-refractivity contribution is -0.154. The lowest BCUT2D eigenvalue weighted by atomic mass is 10.1. The van der Waals surface area contributed by atoms with Crippen molar-refractivity contribution in [3.8, 4) is 0 Å². The molecule has 0 amide bonds. The molecule has 0 N–H and O–H groups in total. The first kappa shape index (κ1) is 10.9. The molecule has 1 unspecified atom stereocenters. The molecule has 0 saturated carbocycles. The molecule has 0 bridgehead atoms. The van der Waals surface area contributed by atoms with Gasteiger partial charge in [-0.25, -0.2) is 0 Å². The zero-order valence-electron chi connectivity index (χ0n) is 9.74. The van der Waals surface area contributed by atoms with Crippen LogP contribution in [0.5, 0.6) is 0 Å². The molecule has 0 spiro atoms. The molecule has 2 fully saturated rings. The Morgan fingerprint density at radius 3 is 3.00 bits per heavy atom. The Kier molecular flexibility index (Phi) is 3.29. The Labute approximate surface area is 91.8 Å². The largest absolute Gasteiger partial charge is 0.460 e. The van der Waals surface area contributed by atoms with Gasteiger partial charge in [-0.2, -0.15) is 0 Å². The number of nitrogens with zero attached hydrogens (tertiary/aromatic N) is 1. The molecule has 2 aliphatic heterocycles. The van der Waals surface area contributed by atoms with Gasteiger partial charge in [0, 0.05) is 12.6 Å². The molecule has 3 atom stereocenters. The summed E-state index contributed by atoms with van der Waals surface area (Å²) >= 11 is 0. The van der Waals surface area contributed by atoms with E-state index in [9.17, 15) is 4.79 Å². The van der Waals surface area contributed by atoms with Crippen LogP contribution in [0.2, 0.25) is 0 Å². The van der Waals surface area contributed by atoms with Crippen LogP contribution in [0.15, 0.2) is 0 Å². The van der Waals surface area contributed by atoms with Gasteiger partial charge in [0.05, 0.1) is 5.92 Å². The first-order valence-corrected chi connectivity index (χ1v) is 6.17. The Bertz CT molecular complexity index is 242. The van der Waals surface area contributed by atoms with Crippen molar-refractivity contribution in [3.05, 3.63) is 0 Å². The van der Waals surface area contributed by atoms with Crippen molar-refractivity contribution in [2.45, 2.75) is 51.7 Å². The van der Waals surface area contributed by atoms with E-state index in [1.165, 1.54) is 19.4 Å². The SMILES string of the molecule is CCC(C)C(=O)O[C@@H]1CCN2CCC[C@@H]12. The molecule has 0 radical (unpaired) electrons. The predicted octanol–water partition coefficient (Wildman–Crippen LogP) is 1.81. The highest BCUT2D eigenvalue weighted by Crippen LogP contribution is 2.30. The third kappa shape index (κ3) is 2.17. The topological polar surface area (TPSA) is 29.5 Å². The van der Waals surface area contributed by atoms with Crippen LogP contribution in [0.3, 0.4) is 0 Å². The number of carbonyl (C=O) groups excluding carboxylic acids is 1. The van der Waals surface area contributed by atoms with E-state index in [0.29, 0.717) is 6.04 Å². The fourth-order valence-corrected chi connectivity index (χ4v) is 2.61. The highest BCUT2D eigenvalue weighted by atomic mass is 16.5. The van der Waals surface area contributed by atoms with E-state index < -0.39 is 0 Å². The summed E-state index contributed by atoms with van der Waals surface area (Å²) in [5.41, 5.74) is 0. The van der Waals surface area contributed by atoms with Gasteiger partial charge in [0.15, 0.2) is 0 Å². The maximum atomic E-state index is 11.7. The number of ether oxygens (including phenoxy) is 1. The smallest absolute Gasteiger partial charge is 0.308 e. The number of hydrogen-bond donors (Lipinski definition) is 0. The van der Waals surface area contributed by atoms with E-state index in [1.54, 1.807) is 0 Å². The van der Waals surface area contributed by atoms with Gasteiger partial charge in [-0.15, -0.1) is 0 Å². The van der Waals surface area contributed by atoms with Crippen LogP contribution in [-0.2, 0) is 9.53 Å². The summed E-state index contributed by atoms with van der Waals surface area (Å²) in [7, 11) is 0. The van der Waals surface area contributed by atoms with Crippen LogP contribution >= 0.6 is 0 Å². The van der Waals surface area contributed by atoms with Gasteiger partial charge >= 0.3 is 5.97 Å². The van der Waals surface area contributed by atoms with Crippen molar-refractivity contribution in [1.82, 2.24) is 4.90 Å². The molecule has 3 heteroatoms. The third-order valence-electron chi connectivity index (χ3n) is 3.83. The quantitative estimate of drug-likeness (QED) is 0.667. The Morgan fingerprint density at radius 2 is 2.27 bits per heavy atom. The van der Waals surface area contributed by atoms with E-state index in [0.717, 1.165) is 19.4 Å². The zero-order chi connectivity index (χ0) is 10.8. The van der Waals surface area contributed by atoms with Crippen LogP contribution in [0.4, 0.5) is 0 Å². The minimum absolute atomic E-state index is 0.00347. The van der Waals surface area contributed by atoms with E-state index >= 15 is 0 Å². The number of carbonyl (C=O) groups is 1. The van der Waals surface area contributed by atoms with Gasteiger partial charge in [-0.1, -0.05) is 13.8 Å². The molecule has 86 valence electrons. The minimum Gasteiger partial charge on any atom is -0.460 e. The van der Waals surface area contributed by atoms with Crippen molar-refractivity contribution in [3.63, 3.8) is 0 Å². The summed E-state index contributed by atoms with van der Waals surface area (Å²) in [6, 6.07) is 0.526. The van der Waals surface area contributed by atoms with Crippen LogP contribution < -0.4 is 0 Å². The molecule has 3 nitrogen and oxygen atoms in total. The molecule has 0 aliphatic carbocycles. The molecular formula is C12H21NO2. The molecule has 0 aromatic carbocycles. The van der Waals surface area contributed by atoms with Crippen LogP contribution in [-0.4, -0.2) is 36.1 Å². The van der Waals surface area contributed by atoms with Gasteiger partial charge < -0.3 is 4.74 Å². The lowest BCUT2D eigenvalue weighted by Gasteiger charge is -2.21. The first-order valence-electron chi connectivity index (χ1n) is 6.17. The normalized spacial score (nSPS) is 32.7. The average molecular weight is 211 g/mol. The average Bonchev–Trinajstić information content (AvgIpc) is 2.81. The summed E-state index contributed by atoms with van der Waals surface area (Å²) in [6.07, 6.45) is 4.56. The number of esters is 1. The maximum Gasteiger partial charge on any atom is 0.308 e. The van der Waals surface area contributed by atoms with Crippen LogP contribution in [0, 0.1) is 5.92 Å². The summed E-state index contributed by atoms with van der Waals surface area (Å²) < 4.78 is 5.60. The highest BCUT2D eigenvalue weighted by molar-refractivity contribution is 5.72. The van der Waals surface area contributed by atoms with Crippen molar-refractivity contribution < 1.29 is 9.53 Å². The number of hydrogen-bond acceptors (Lipinski definition) is 3. The number of fused-ring (bicyclic) bond motifs is 1. The first-order chi connectivity index (χ1) is 7.22. The molecular weight excluding hydrogens is 190 g/mol. The molecule has 2 rings (SSSR count). The van der Waals surface area contributed by atoms with Crippen LogP contribution in [0.25, 0.3) is 0 Å². The summed E-state index contributed by atoms with van der Waals surface area (Å²) in [4.78, 5) is 14.1. The van der Waals surface area contributed by atoms with E-state index in [2.05, 4.69) is 4.90 Å². The second-order valence-electron chi connectivity index (χ2n) is 4.82. The van der Waals surface area contributed by atoms with Gasteiger partial charge in [-0.3, -0.25) is 9.69 Å². The Balaban J connectivity index is 1.87. The minimum atomic E-state index is -0.00347. The van der Waals surface area contributed by atoms with Gasteiger partial charge in [-0.05, 0) is 32.2 Å². The summed E-state index contributed by atoms with van der Waals surface area (Å²) in [5, 5.41) is 0. The molecule has 0 aromatic heterocycles. The summed E-state index contributed by atoms with van der Waals surface area (Å²) in [5.74, 6) is 0.0525. The molecule has 2 heterocycles. The summed E-state index contributed by atoms with van der Waals surface area (Å²) in [6.45, 7) is 6.29. The lowest BCUT2D eigenvalue weighted by Crippen LogP contribution is -2.33. The Morgan fingerprint density at radius 1 is 1.47 bits per heavy atom. The second-order valence-corrected chi connectivity index (χ2v) is 4.82. The highest BCUT2D eigenvalue weighted by Gasteiger charge is 2.39. The fourth-order valence-electron chi connectivity index (χ4n) is 2.61. The van der Waals surface area contributed by atoms with E-state index in [1.807, 2.05) is 13.8 Å².